The number of aromatic nitrogens is 2. The first-order valence-electron chi connectivity index (χ1n) is 10.9. The Morgan fingerprint density at radius 1 is 1.19 bits per heavy atom. The van der Waals surface area contributed by atoms with Crippen molar-refractivity contribution in [3.05, 3.63) is 41.6 Å². The van der Waals surface area contributed by atoms with Gasteiger partial charge in [0.2, 0.25) is 11.9 Å². The molecule has 2 aliphatic rings. The molecule has 4 rings (SSSR count). The smallest absolute Gasteiger partial charge is 0.229 e. The molecular weight excluding hydrogens is 392 g/mol. The Labute approximate surface area is 183 Å². The highest BCUT2D eigenvalue weighted by Gasteiger charge is 2.37. The summed E-state index contributed by atoms with van der Waals surface area (Å²) in [5.74, 6) is 1.58. The molecule has 0 spiro atoms. The number of likely N-dealkylation sites (N-methyl/N-ethyl adjacent to an activating group) is 1. The van der Waals surface area contributed by atoms with Gasteiger partial charge in [-0.3, -0.25) is 4.79 Å². The number of fused-ring (bicyclic) bond motifs is 1. The molecule has 1 aromatic carbocycles. The summed E-state index contributed by atoms with van der Waals surface area (Å²) in [6.07, 6.45) is -0.670. The Morgan fingerprint density at radius 3 is 2.52 bits per heavy atom. The van der Waals surface area contributed by atoms with Crippen molar-refractivity contribution >= 4 is 23.4 Å². The van der Waals surface area contributed by atoms with Gasteiger partial charge in [-0.25, -0.2) is 4.98 Å². The maximum atomic E-state index is 12.8. The molecule has 31 heavy (non-hydrogen) atoms. The third-order valence-corrected chi connectivity index (χ3v) is 6.35. The molecule has 2 aromatic rings. The molecule has 0 aliphatic carbocycles. The van der Waals surface area contributed by atoms with E-state index in [0.29, 0.717) is 19.0 Å². The van der Waals surface area contributed by atoms with Gasteiger partial charge in [-0.05, 0) is 25.3 Å². The number of amides is 1. The van der Waals surface area contributed by atoms with Crippen LogP contribution in [-0.2, 0) is 4.79 Å². The maximum absolute atomic E-state index is 12.8. The van der Waals surface area contributed by atoms with Crippen LogP contribution in [0.1, 0.15) is 37.9 Å². The lowest BCUT2D eigenvalue weighted by atomic mass is 9.97. The van der Waals surface area contributed by atoms with E-state index < -0.39 is 6.23 Å². The number of aliphatic hydroxyl groups excluding tert-OH is 1. The second-order valence-electron chi connectivity index (χ2n) is 8.98. The molecular formula is C23H32N6O2. The minimum Gasteiger partial charge on any atom is -0.372 e. The lowest BCUT2D eigenvalue weighted by molar-refractivity contribution is -0.136. The van der Waals surface area contributed by atoms with Crippen LogP contribution in [0.2, 0.25) is 0 Å². The SMILES string of the molecule is Cc1nc(NC2CN(C(=O)[C@@H](C)c3ccccc3)C2)nc2c1NC(O)[C@H](C(C)C)N2C. The summed E-state index contributed by atoms with van der Waals surface area (Å²) in [5.41, 5.74) is 2.58. The molecule has 2 aliphatic heterocycles. The van der Waals surface area contributed by atoms with E-state index >= 15 is 0 Å². The maximum Gasteiger partial charge on any atom is 0.229 e. The van der Waals surface area contributed by atoms with E-state index in [2.05, 4.69) is 29.5 Å². The standard InChI is InChI=1S/C23H32N6O2/c1-13(2)19-21(30)26-18-15(4)24-23(27-20(18)28(19)5)25-17-11-29(12-17)22(31)14(3)16-9-7-6-8-10-16/h6-10,13-14,17,19,21,26,30H,11-12H2,1-5H3,(H,24,25,27)/t14-,19-,21?/m0/s1. The summed E-state index contributed by atoms with van der Waals surface area (Å²) >= 11 is 0. The second-order valence-corrected chi connectivity index (χ2v) is 8.98. The first kappa shape index (κ1) is 21.4. The molecule has 0 bridgehead atoms. The lowest BCUT2D eigenvalue weighted by Gasteiger charge is -2.43. The van der Waals surface area contributed by atoms with Crippen LogP contribution in [0, 0.1) is 12.8 Å². The van der Waals surface area contributed by atoms with E-state index in [1.165, 1.54) is 0 Å². The van der Waals surface area contributed by atoms with Crippen molar-refractivity contribution in [2.75, 3.05) is 35.7 Å². The first-order chi connectivity index (χ1) is 14.8. The normalized spacial score (nSPS) is 21.9. The fourth-order valence-electron chi connectivity index (χ4n) is 4.54. The highest BCUT2D eigenvalue weighted by molar-refractivity contribution is 5.84. The van der Waals surface area contributed by atoms with Gasteiger partial charge >= 0.3 is 0 Å². The number of hydrogen-bond acceptors (Lipinski definition) is 7. The molecule has 1 fully saturated rings. The zero-order valence-corrected chi connectivity index (χ0v) is 18.8. The number of likely N-dealkylation sites (tertiary alicyclic amines) is 1. The van der Waals surface area contributed by atoms with Crippen LogP contribution in [0.3, 0.4) is 0 Å². The van der Waals surface area contributed by atoms with Crippen LogP contribution in [0.15, 0.2) is 30.3 Å². The molecule has 1 aromatic heterocycles. The number of anilines is 3. The molecule has 0 radical (unpaired) electrons. The molecule has 1 unspecified atom stereocenters. The summed E-state index contributed by atoms with van der Waals surface area (Å²) in [7, 11) is 1.96. The van der Waals surface area contributed by atoms with Gasteiger partial charge in [-0.15, -0.1) is 0 Å². The quantitative estimate of drug-likeness (QED) is 0.679. The van der Waals surface area contributed by atoms with Crippen LogP contribution in [-0.4, -0.2) is 64.3 Å². The van der Waals surface area contributed by atoms with E-state index in [4.69, 9.17) is 4.98 Å². The van der Waals surface area contributed by atoms with Gasteiger partial charge in [0.1, 0.15) is 11.9 Å². The summed E-state index contributed by atoms with van der Waals surface area (Å²) in [4.78, 5) is 26.0. The third-order valence-electron chi connectivity index (χ3n) is 6.35. The minimum atomic E-state index is -0.670. The van der Waals surface area contributed by atoms with Gasteiger partial charge < -0.3 is 25.5 Å². The number of carbonyl (C=O) groups excluding carboxylic acids is 1. The Kier molecular flexibility index (Phi) is 5.75. The van der Waals surface area contributed by atoms with E-state index in [1.54, 1.807) is 0 Å². The Balaban J connectivity index is 1.42. The zero-order valence-electron chi connectivity index (χ0n) is 18.8. The number of carbonyl (C=O) groups is 1. The van der Waals surface area contributed by atoms with Crippen molar-refractivity contribution in [2.45, 2.75) is 51.9 Å². The zero-order chi connectivity index (χ0) is 22.3. The number of aryl methyl sites for hydroxylation is 1. The van der Waals surface area contributed by atoms with Gasteiger partial charge in [0, 0.05) is 20.1 Å². The predicted molar refractivity (Wildman–Crippen MR) is 122 cm³/mol. The average molecular weight is 425 g/mol. The predicted octanol–water partition coefficient (Wildman–Crippen LogP) is 2.42. The van der Waals surface area contributed by atoms with E-state index in [-0.39, 0.29) is 29.8 Å². The summed E-state index contributed by atoms with van der Waals surface area (Å²) in [5, 5.41) is 17.0. The molecule has 0 saturated carbocycles. The van der Waals surface area contributed by atoms with Crippen LogP contribution >= 0.6 is 0 Å². The lowest BCUT2D eigenvalue weighted by Crippen LogP contribution is -2.58. The highest BCUT2D eigenvalue weighted by Crippen LogP contribution is 2.35. The van der Waals surface area contributed by atoms with Crippen LogP contribution in [0.25, 0.3) is 0 Å². The van der Waals surface area contributed by atoms with Crippen molar-refractivity contribution < 1.29 is 9.90 Å². The van der Waals surface area contributed by atoms with Gasteiger partial charge in [-0.2, -0.15) is 4.98 Å². The summed E-state index contributed by atoms with van der Waals surface area (Å²) < 4.78 is 0. The number of hydrogen-bond donors (Lipinski definition) is 3. The highest BCUT2D eigenvalue weighted by atomic mass is 16.3. The third kappa shape index (κ3) is 4.04. The van der Waals surface area contributed by atoms with Gasteiger partial charge in [0.05, 0.1) is 23.7 Å². The Hall–Kier alpha value is -2.87. The molecule has 3 atom stereocenters. The monoisotopic (exact) mass is 424 g/mol. The average Bonchev–Trinajstić information content (AvgIpc) is 2.70. The number of nitrogens with one attached hydrogen (secondary N) is 2. The molecule has 1 amide bonds. The van der Waals surface area contributed by atoms with Crippen molar-refractivity contribution in [3.8, 4) is 0 Å². The van der Waals surface area contributed by atoms with Crippen molar-refractivity contribution in [3.63, 3.8) is 0 Å². The van der Waals surface area contributed by atoms with Gasteiger partial charge in [-0.1, -0.05) is 44.2 Å². The summed E-state index contributed by atoms with van der Waals surface area (Å²) in [6, 6.07) is 9.92. The van der Waals surface area contributed by atoms with E-state index in [1.807, 2.05) is 61.0 Å². The van der Waals surface area contributed by atoms with Crippen LogP contribution < -0.4 is 15.5 Å². The Morgan fingerprint density at radius 2 is 1.87 bits per heavy atom. The fourth-order valence-corrected chi connectivity index (χ4v) is 4.54. The molecule has 8 heteroatoms. The Bertz CT molecular complexity index is 945. The van der Waals surface area contributed by atoms with Gasteiger partial charge in [0.25, 0.3) is 0 Å². The van der Waals surface area contributed by atoms with E-state index in [9.17, 15) is 9.90 Å². The topological polar surface area (TPSA) is 93.6 Å². The molecule has 3 heterocycles. The number of rotatable bonds is 5. The van der Waals surface area contributed by atoms with Crippen molar-refractivity contribution in [2.24, 2.45) is 5.92 Å². The van der Waals surface area contributed by atoms with Crippen molar-refractivity contribution in [1.29, 1.82) is 0 Å². The van der Waals surface area contributed by atoms with Crippen LogP contribution in [0.5, 0.6) is 0 Å². The van der Waals surface area contributed by atoms with Gasteiger partial charge in [0.15, 0.2) is 5.82 Å². The van der Waals surface area contributed by atoms with Crippen LogP contribution in [0.4, 0.5) is 17.5 Å². The molecule has 166 valence electrons. The second kappa shape index (κ2) is 8.34. The fraction of sp³-hybridized carbons (Fsp3) is 0.522. The minimum absolute atomic E-state index is 0.0778. The number of benzene rings is 1. The molecule has 3 N–H and O–H groups in total. The number of aliphatic hydroxyl groups is 1. The largest absolute Gasteiger partial charge is 0.372 e. The first-order valence-corrected chi connectivity index (χ1v) is 10.9. The number of nitrogens with zero attached hydrogens (tertiary/aromatic N) is 4. The van der Waals surface area contributed by atoms with E-state index in [0.717, 1.165) is 22.8 Å². The van der Waals surface area contributed by atoms with Crippen molar-refractivity contribution in [1.82, 2.24) is 14.9 Å². The molecule has 1 saturated heterocycles. The molecule has 8 nitrogen and oxygen atoms in total. The summed E-state index contributed by atoms with van der Waals surface area (Å²) in [6.45, 7) is 9.30.